The molecule has 1 saturated heterocycles. The van der Waals surface area contributed by atoms with E-state index in [2.05, 4.69) is 41.1 Å². The van der Waals surface area contributed by atoms with Gasteiger partial charge in [0.2, 0.25) is 5.91 Å². The number of thiazole rings is 1. The monoisotopic (exact) mass is 348 g/mol. The maximum atomic E-state index is 12.4. The summed E-state index contributed by atoms with van der Waals surface area (Å²) in [5.41, 5.74) is 1.86. The van der Waals surface area contributed by atoms with Crippen LogP contribution in [-0.2, 0) is 10.2 Å². The molecule has 1 aliphatic heterocycles. The summed E-state index contributed by atoms with van der Waals surface area (Å²) in [5.74, 6) is 0.815. The van der Waals surface area contributed by atoms with Crippen LogP contribution in [0.15, 0.2) is 16.0 Å². The molecular weight excluding hydrogens is 324 g/mol. The van der Waals surface area contributed by atoms with Gasteiger partial charge in [0.25, 0.3) is 0 Å². The molecule has 2 aromatic rings. The van der Waals surface area contributed by atoms with E-state index in [1.807, 2.05) is 18.4 Å². The van der Waals surface area contributed by atoms with Gasteiger partial charge in [-0.3, -0.25) is 9.69 Å². The van der Waals surface area contributed by atoms with E-state index >= 15 is 0 Å². The van der Waals surface area contributed by atoms with Crippen LogP contribution >= 0.6 is 11.3 Å². The van der Waals surface area contributed by atoms with Crippen molar-refractivity contribution in [3.05, 3.63) is 28.6 Å². The molecule has 1 atom stereocenters. The Hall–Kier alpha value is -1.73. The molecule has 0 saturated carbocycles. The summed E-state index contributed by atoms with van der Waals surface area (Å²) in [6.45, 7) is 9.48. The lowest BCUT2D eigenvalue weighted by Crippen LogP contribution is -2.32. The van der Waals surface area contributed by atoms with Crippen LogP contribution in [0.2, 0.25) is 0 Å². The number of aromatic nitrogens is 2. The van der Waals surface area contributed by atoms with Gasteiger partial charge in [0.1, 0.15) is 0 Å². The van der Waals surface area contributed by atoms with Crippen LogP contribution in [0.1, 0.15) is 56.8 Å². The van der Waals surface area contributed by atoms with E-state index in [4.69, 9.17) is 4.52 Å². The van der Waals surface area contributed by atoms with Crippen molar-refractivity contribution in [1.29, 1.82) is 0 Å². The lowest BCUT2D eigenvalue weighted by atomic mass is 9.93. The van der Waals surface area contributed by atoms with Gasteiger partial charge in [-0.15, -0.1) is 11.3 Å². The molecular formula is C17H24N4O2S. The van der Waals surface area contributed by atoms with Crippen LogP contribution in [0.4, 0.5) is 5.13 Å². The quantitative estimate of drug-likeness (QED) is 0.915. The van der Waals surface area contributed by atoms with Gasteiger partial charge < -0.3 is 9.84 Å². The Bertz CT molecular complexity index is 716. The number of aryl methyl sites for hydroxylation is 1. The minimum atomic E-state index is -0.0343. The van der Waals surface area contributed by atoms with Gasteiger partial charge in [-0.25, -0.2) is 4.98 Å². The smallest absolute Gasteiger partial charge is 0.240 e. The van der Waals surface area contributed by atoms with Crippen LogP contribution in [0, 0.1) is 6.92 Å². The second-order valence-corrected chi connectivity index (χ2v) is 8.19. The number of rotatable bonds is 4. The predicted molar refractivity (Wildman–Crippen MR) is 94.2 cm³/mol. The lowest BCUT2D eigenvalue weighted by Gasteiger charge is -2.21. The number of likely N-dealkylation sites (tertiary alicyclic amines) is 1. The van der Waals surface area contributed by atoms with Gasteiger partial charge in [0, 0.05) is 16.9 Å². The normalized spacial score (nSPS) is 18.9. The van der Waals surface area contributed by atoms with Gasteiger partial charge in [-0.2, -0.15) is 0 Å². The second-order valence-electron chi connectivity index (χ2n) is 7.34. The number of carbonyl (C=O) groups excluding carboxylic acids is 1. The molecule has 3 rings (SSSR count). The third-order valence-corrected chi connectivity index (χ3v) is 4.96. The van der Waals surface area contributed by atoms with E-state index in [-0.39, 0.29) is 17.4 Å². The van der Waals surface area contributed by atoms with Crippen molar-refractivity contribution in [2.24, 2.45) is 0 Å². The maximum Gasteiger partial charge on any atom is 0.240 e. The van der Waals surface area contributed by atoms with Crippen LogP contribution in [0.25, 0.3) is 0 Å². The Morgan fingerprint density at radius 3 is 2.92 bits per heavy atom. The molecule has 1 fully saturated rings. The highest BCUT2D eigenvalue weighted by Gasteiger charge is 2.30. The zero-order valence-corrected chi connectivity index (χ0v) is 15.4. The molecule has 0 bridgehead atoms. The van der Waals surface area contributed by atoms with Gasteiger partial charge >= 0.3 is 0 Å². The number of hydrogen-bond donors (Lipinski definition) is 1. The Labute approximate surface area is 146 Å². The Kier molecular flexibility index (Phi) is 4.73. The zero-order valence-electron chi connectivity index (χ0n) is 14.6. The van der Waals surface area contributed by atoms with E-state index in [1.54, 1.807) is 0 Å². The van der Waals surface area contributed by atoms with Gasteiger partial charge in [0.15, 0.2) is 10.9 Å². The number of hydrogen-bond acceptors (Lipinski definition) is 6. The predicted octanol–water partition coefficient (Wildman–Crippen LogP) is 3.51. The second kappa shape index (κ2) is 6.64. The van der Waals surface area contributed by atoms with Crippen LogP contribution in [0.3, 0.4) is 0 Å². The number of nitrogens with zero attached hydrogens (tertiary/aromatic N) is 3. The molecule has 0 spiro atoms. The summed E-state index contributed by atoms with van der Waals surface area (Å²) in [6.07, 6.45) is 2.05. The number of carbonyl (C=O) groups is 1. The molecule has 2 aromatic heterocycles. The molecule has 24 heavy (non-hydrogen) atoms. The standard InChI is InChI=1S/C17H24N4O2S/c1-11-8-13(23-20-11)12-6-5-7-21(12)9-15(22)19-16-18-14(10-24-16)17(2,3)4/h8,10,12H,5-7,9H2,1-4H3,(H,18,19,22). The SMILES string of the molecule is Cc1cc(C2CCCN2CC(=O)Nc2nc(C(C)(C)C)cs2)on1. The molecule has 1 amide bonds. The fourth-order valence-electron chi connectivity index (χ4n) is 2.90. The maximum absolute atomic E-state index is 12.4. The fraction of sp³-hybridized carbons (Fsp3) is 0.588. The summed E-state index contributed by atoms with van der Waals surface area (Å²) in [5, 5.41) is 9.55. The molecule has 1 unspecified atom stereocenters. The summed E-state index contributed by atoms with van der Waals surface area (Å²) in [7, 11) is 0. The molecule has 7 heteroatoms. The highest BCUT2D eigenvalue weighted by molar-refractivity contribution is 7.13. The molecule has 3 heterocycles. The fourth-order valence-corrected chi connectivity index (χ4v) is 3.85. The molecule has 0 aromatic carbocycles. The first-order chi connectivity index (χ1) is 11.3. The van der Waals surface area contributed by atoms with Crippen molar-refractivity contribution in [3.63, 3.8) is 0 Å². The zero-order chi connectivity index (χ0) is 17.3. The van der Waals surface area contributed by atoms with Gasteiger partial charge in [-0.05, 0) is 26.3 Å². The molecule has 1 aliphatic rings. The first kappa shape index (κ1) is 17.1. The van der Waals surface area contributed by atoms with E-state index < -0.39 is 0 Å². The lowest BCUT2D eigenvalue weighted by molar-refractivity contribution is -0.117. The third-order valence-electron chi connectivity index (χ3n) is 4.20. The Balaban J connectivity index is 1.61. The average Bonchev–Trinajstić information content (AvgIpc) is 3.18. The van der Waals surface area contributed by atoms with Crippen molar-refractivity contribution in [1.82, 2.24) is 15.0 Å². The number of amides is 1. The van der Waals surface area contributed by atoms with Crippen molar-refractivity contribution < 1.29 is 9.32 Å². The van der Waals surface area contributed by atoms with Crippen molar-refractivity contribution in [2.75, 3.05) is 18.4 Å². The number of nitrogens with one attached hydrogen (secondary N) is 1. The average molecular weight is 348 g/mol. The minimum Gasteiger partial charge on any atom is -0.359 e. The highest BCUT2D eigenvalue weighted by atomic mass is 32.1. The van der Waals surface area contributed by atoms with Crippen molar-refractivity contribution in [2.45, 2.75) is 52.0 Å². The third kappa shape index (κ3) is 3.84. The molecule has 0 radical (unpaired) electrons. The van der Waals surface area contributed by atoms with E-state index in [0.29, 0.717) is 11.7 Å². The highest BCUT2D eigenvalue weighted by Crippen LogP contribution is 2.32. The molecule has 6 nitrogen and oxygen atoms in total. The number of anilines is 1. The molecule has 1 N–H and O–H groups in total. The first-order valence-electron chi connectivity index (χ1n) is 8.26. The summed E-state index contributed by atoms with van der Waals surface area (Å²) < 4.78 is 5.39. The minimum absolute atomic E-state index is 0.0102. The van der Waals surface area contributed by atoms with Crippen LogP contribution < -0.4 is 5.32 Å². The van der Waals surface area contributed by atoms with E-state index in [9.17, 15) is 4.79 Å². The van der Waals surface area contributed by atoms with Crippen molar-refractivity contribution >= 4 is 22.4 Å². The topological polar surface area (TPSA) is 71.3 Å². The van der Waals surface area contributed by atoms with E-state index in [1.165, 1.54) is 11.3 Å². The van der Waals surface area contributed by atoms with Gasteiger partial charge in [-0.1, -0.05) is 25.9 Å². The largest absolute Gasteiger partial charge is 0.359 e. The van der Waals surface area contributed by atoms with Crippen LogP contribution in [-0.4, -0.2) is 34.0 Å². The summed E-state index contributed by atoms with van der Waals surface area (Å²) in [6, 6.07) is 2.09. The Morgan fingerprint density at radius 2 is 2.29 bits per heavy atom. The van der Waals surface area contributed by atoms with Gasteiger partial charge in [0.05, 0.1) is 24.0 Å². The molecule has 0 aliphatic carbocycles. The Morgan fingerprint density at radius 1 is 1.50 bits per heavy atom. The van der Waals surface area contributed by atoms with E-state index in [0.717, 1.165) is 36.5 Å². The molecule has 130 valence electrons. The van der Waals surface area contributed by atoms with Crippen LogP contribution in [0.5, 0.6) is 0 Å². The summed E-state index contributed by atoms with van der Waals surface area (Å²) in [4.78, 5) is 19.0. The summed E-state index contributed by atoms with van der Waals surface area (Å²) >= 11 is 1.47. The van der Waals surface area contributed by atoms with Crippen molar-refractivity contribution in [3.8, 4) is 0 Å². The first-order valence-corrected chi connectivity index (χ1v) is 9.14.